The van der Waals surface area contributed by atoms with Crippen molar-refractivity contribution >= 4 is 11.9 Å². The van der Waals surface area contributed by atoms with Crippen molar-refractivity contribution in [1.82, 2.24) is 20.1 Å². The molecule has 1 amide bonds. The Balaban J connectivity index is 0.00000337. The molecular formula is C32H38FN4NaO5. The van der Waals surface area contributed by atoms with Crippen LogP contribution in [0, 0.1) is 12.7 Å². The van der Waals surface area contributed by atoms with Crippen LogP contribution < -0.4 is 34.9 Å². The summed E-state index contributed by atoms with van der Waals surface area (Å²) in [5, 5.41) is 39.9. The van der Waals surface area contributed by atoms with E-state index in [1.54, 1.807) is 12.1 Å². The van der Waals surface area contributed by atoms with Crippen molar-refractivity contribution in [2.24, 2.45) is 0 Å². The van der Waals surface area contributed by atoms with Crippen LogP contribution in [0.5, 0.6) is 0 Å². The Bertz CT molecular complexity index is 1530. The molecule has 0 aliphatic carbocycles. The van der Waals surface area contributed by atoms with E-state index in [9.17, 15) is 24.2 Å². The molecule has 224 valence electrons. The molecular weight excluding hydrogens is 562 g/mol. The number of hydrogen-bond acceptors (Lipinski definition) is 5. The number of nitrogens with one attached hydrogen (secondary N) is 2. The molecule has 0 radical (unpaired) electrons. The van der Waals surface area contributed by atoms with Gasteiger partial charge in [-0.1, -0.05) is 42.5 Å². The van der Waals surface area contributed by atoms with Crippen LogP contribution in [0.4, 0.5) is 4.39 Å². The fourth-order valence-corrected chi connectivity index (χ4v) is 5.33. The first-order valence-corrected chi connectivity index (χ1v) is 14.0. The normalized spacial score (nSPS) is 12.5. The second kappa shape index (κ2) is 15.4. The number of aromatic amines is 1. The minimum Gasteiger partial charge on any atom is -1.00 e. The molecule has 0 spiro atoms. The van der Waals surface area contributed by atoms with Crippen molar-refractivity contribution in [3.05, 3.63) is 89.3 Å². The number of aliphatic hydroxyl groups is 2. The number of aromatic nitrogens is 3. The quantitative estimate of drug-likeness (QED) is 0.149. The van der Waals surface area contributed by atoms with Crippen molar-refractivity contribution in [3.63, 3.8) is 0 Å². The van der Waals surface area contributed by atoms with Crippen molar-refractivity contribution < 1.29 is 60.3 Å². The average molecular weight is 601 g/mol. The first kappa shape index (κ1) is 34.2. The van der Waals surface area contributed by atoms with Gasteiger partial charge in [-0.3, -0.25) is 14.7 Å². The number of carboxylic acid groups (broad SMARTS) is 1. The molecule has 0 saturated heterocycles. The number of aryl methyl sites for hydroxylation is 1. The van der Waals surface area contributed by atoms with Crippen LogP contribution in [0.1, 0.15) is 68.1 Å². The van der Waals surface area contributed by atoms with Crippen molar-refractivity contribution in [2.45, 2.75) is 71.2 Å². The van der Waals surface area contributed by atoms with E-state index >= 15 is 0 Å². The van der Waals surface area contributed by atoms with Crippen LogP contribution in [-0.4, -0.2) is 54.2 Å². The van der Waals surface area contributed by atoms with Gasteiger partial charge in [-0.2, -0.15) is 5.10 Å². The summed E-state index contributed by atoms with van der Waals surface area (Å²) in [6.07, 6.45) is -2.18. The van der Waals surface area contributed by atoms with Gasteiger partial charge in [0.05, 0.1) is 30.9 Å². The topological polar surface area (TPSA) is 140 Å². The van der Waals surface area contributed by atoms with Crippen LogP contribution >= 0.6 is 0 Å². The monoisotopic (exact) mass is 600 g/mol. The first-order valence-electron chi connectivity index (χ1n) is 14.0. The number of amides is 1. The molecule has 11 heteroatoms. The van der Waals surface area contributed by atoms with Gasteiger partial charge in [0.15, 0.2) is 0 Å². The van der Waals surface area contributed by atoms with Gasteiger partial charge in [0, 0.05) is 28.6 Å². The predicted octanol–water partition coefficient (Wildman–Crippen LogP) is 2.14. The van der Waals surface area contributed by atoms with Gasteiger partial charge in [0.2, 0.25) is 0 Å². The maximum Gasteiger partial charge on any atom is 1.00 e. The first-order chi connectivity index (χ1) is 20.0. The minimum absolute atomic E-state index is 0. The Hall–Kier alpha value is -3.28. The van der Waals surface area contributed by atoms with Crippen LogP contribution in [-0.2, 0) is 17.8 Å². The summed E-state index contributed by atoms with van der Waals surface area (Å²) in [7, 11) is 0. The molecule has 0 saturated carbocycles. The zero-order valence-electron chi connectivity index (χ0n) is 26.0. The summed E-state index contributed by atoms with van der Waals surface area (Å²) >= 11 is 0. The molecule has 0 aliphatic heterocycles. The van der Waals surface area contributed by atoms with E-state index in [4.69, 9.17) is 5.11 Å². The van der Waals surface area contributed by atoms with Crippen molar-refractivity contribution in [2.75, 3.05) is 0 Å². The number of halogens is 1. The summed E-state index contributed by atoms with van der Waals surface area (Å²) in [5.41, 5.74) is 5.70. The Morgan fingerprint density at radius 2 is 1.67 bits per heavy atom. The molecule has 2 aromatic carbocycles. The number of carbonyl (C=O) groups excluding carboxylic acids is 1. The third-order valence-electron chi connectivity index (χ3n) is 7.09. The number of benzene rings is 2. The molecule has 2 atom stereocenters. The fraction of sp³-hybridized carbons (Fsp3) is 0.344. The van der Waals surface area contributed by atoms with Crippen LogP contribution in [0.3, 0.4) is 0 Å². The van der Waals surface area contributed by atoms with E-state index in [0.29, 0.717) is 28.9 Å². The molecule has 9 nitrogen and oxygen atoms in total. The van der Waals surface area contributed by atoms with Gasteiger partial charge >= 0.3 is 35.5 Å². The smallest absolute Gasteiger partial charge is 1.00 e. The molecule has 43 heavy (non-hydrogen) atoms. The molecule has 2 aromatic heterocycles. The molecule has 5 N–H and O–H groups in total. The van der Waals surface area contributed by atoms with E-state index in [1.165, 1.54) is 12.1 Å². The van der Waals surface area contributed by atoms with Gasteiger partial charge < -0.3 is 26.6 Å². The summed E-state index contributed by atoms with van der Waals surface area (Å²) in [6, 6.07) is 17.3. The van der Waals surface area contributed by atoms with Crippen LogP contribution in [0.25, 0.3) is 22.3 Å². The van der Waals surface area contributed by atoms with Gasteiger partial charge in [0.25, 0.3) is 5.91 Å². The number of aliphatic hydroxyl groups excluding tert-OH is 2. The van der Waals surface area contributed by atoms with E-state index in [1.807, 2.05) is 61.7 Å². The number of aliphatic carboxylic acids is 1. The molecule has 0 fully saturated rings. The van der Waals surface area contributed by atoms with Crippen molar-refractivity contribution in [1.29, 1.82) is 0 Å². The zero-order chi connectivity index (χ0) is 30.4. The molecule has 0 aliphatic rings. The molecule has 4 rings (SSSR count). The van der Waals surface area contributed by atoms with Crippen LogP contribution in [0.2, 0.25) is 0 Å². The Morgan fingerprint density at radius 1 is 1.02 bits per heavy atom. The third-order valence-corrected chi connectivity index (χ3v) is 7.09. The molecule has 0 bridgehead atoms. The summed E-state index contributed by atoms with van der Waals surface area (Å²) in [6.45, 7) is 6.02. The summed E-state index contributed by atoms with van der Waals surface area (Å²) < 4.78 is 16.0. The predicted molar refractivity (Wildman–Crippen MR) is 158 cm³/mol. The molecule has 2 heterocycles. The van der Waals surface area contributed by atoms with E-state index in [-0.39, 0.29) is 68.1 Å². The Labute approximate surface area is 273 Å². The van der Waals surface area contributed by atoms with Gasteiger partial charge in [0.1, 0.15) is 11.5 Å². The second-order valence-corrected chi connectivity index (χ2v) is 10.8. The average Bonchev–Trinajstić information content (AvgIpc) is 3.52. The van der Waals surface area contributed by atoms with E-state index < -0.39 is 24.6 Å². The van der Waals surface area contributed by atoms with Gasteiger partial charge in [-0.15, -0.1) is 0 Å². The third kappa shape index (κ3) is 8.64. The number of carboxylic acids is 1. The Morgan fingerprint density at radius 3 is 2.26 bits per heavy atom. The molecule has 4 aromatic rings. The largest absolute Gasteiger partial charge is 1.00 e. The zero-order valence-corrected chi connectivity index (χ0v) is 27.0. The van der Waals surface area contributed by atoms with Crippen LogP contribution in [0.15, 0.2) is 60.7 Å². The Kier molecular flexibility index (Phi) is 12.3. The number of hydrogen-bond donors (Lipinski definition) is 5. The minimum atomic E-state index is -1.18. The van der Waals surface area contributed by atoms with Gasteiger partial charge in [-0.25, -0.2) is 4.39 Å². The number of rotatable bonds is 13. The number of H-pyrrole nitrogens is 1. The molecule has 0 unspecified atom stereocenters. The maximum atomic E-state index is 14.0. The van der Waals surface area contributed by atoms with E-state index in [0.717, 1.165) is 22.5 Å². The SMILES string of the molecule is Cc1cc(CNC(=O)c2c(-c3ccccc3)c(-c3ccc(F)cc3)c(CC[C@@H](O)C[C@@H](O)CC(=O)O)n2C(C)C)n[nH]1.[H-].[Na+]. The summed E-state index contributed by atoms with van der Waals surface area (Å²) in [4.78, 5) is 25.0. The number of nitrogens with zero attached hydrogens (tertiary/aromatic N) is 2. The van der Waals surface area contributed by atoms with Gasteiger partial charge in [-0.05, 0) is 69.4 Å². The fourth-order valence-electron chi connectivity index (χ4n) is 5.33. The maximum absolute atomic E-state index is 14.0. The standard InChI is InChI=1S/C32H37FN4O5.Na.H/c1-19(2)37-27(14-13-25(38)16-26(39)17-28(40)41)29(22-9-11-23(33)12-10-22)30(21-7-5-4-6-8-21)31(37)32(42)34-18-24-15-20(3)35-36-24;;/h4-12,15,19,25-26,38-39H,13-14,16-18H2,1-3H3,(H,34,42)(H,35,36)(H,40,41);;/q;+1;-1/t25-,26-;;/m1../s1. The number of carbonyl (C=O) groups is 2. The van der Waals surface area contributed by atoms with E-state index in [2.05, 4.69) is 15.5 Å². The second-order valence-electron chi connectivity index (χ2n) is 10.8. The summed E-state index contributed by atoms with van der Waals surface area (Å²) in [5.74, 6) is -1.84. The van der Waals surface area contributed by atoms with Crippen molar-refractivity contribution in [3.8, 4) is 22.3 Å².